The van der Waals surface area contributed by atoms with Gasteiger partial charge in [0.25, 0.3) is 0 Å². The number of hydrogen-bond donors (Lipinski definition) is 1. The minimum absolute atomic E-state index is 0.0411. The fourth-order valence-electron chi connectivity index (χ4n) is 4.39. The summed E-state index contributed by atoms with van der Waals surface area (Å²) < 4.78 is 46.4. The lowest BCUT2D eigenvalue weighted by Gasteiger charge is -2.20. The van der Waals surface area contributed by atoms with E-state index in [0.29, 0.717) is 29.6 Å². The number of rotatable bonds is 5. The van der Waals surface area contributed by atoms with Gasteiger partial charge >= 0.3 is 0 Å². The minimum atomic E-state index is -0.921. The molecule has 1 saturated heterocycles. The number of halogens is 3. The number of para-hydroxylation sites is 1. The highest BCUT2D eigenvalue weighted by Gasteiger charge is 2.41. The number of aromatic hydroxyl groups is 1. The van der Waals surface area contributed by atoms with Gasteiger partial charge in [-0.05, 0) is 60.9 Å². The van der Waals surface area contributed by atoms with Crippen LogP contribution in [0.15, 0.2) is 36.4 Å². The highest BCUT2D eigenvalue weighted by molar-refractivity contribution is 5.30. The molecule has 1 saturated carbocycles. The fraction of sp³-hybridized carbons (Fsp3) is 0.429. The second-order valence-corrected chi connectivity index (χ2v) is 7.58. The van der Waals surface area contributed by atoms with Gasteiger partial charge in [-0.2, -0.15) is 0 Å². The maximum absolute atomic E-state index is 13.7. The number of fused-ring (bicyclic) bond motifs is 1. The van der Waals surface area contributed by atoms with Crippen LogP contribution in [0.3, 0.4) is 0 Å². The summed E-state index contributed by atoms with van der Waals surface area (Å²) >= 11 is 0. The van der Waals surface area contributed by atoms with Gasteiger partial charge in [-0.1, -0.05) is 12.1 Å². The Morgan fingerprint density at radius 1 is 0.963 bits per heavy atom. The van der Waals surface area contributed by atoms with Gasteiger partial charge in [-0.25, -0.2) is 13.2 Å². The third-order valence-corrected chi connectivity index (χ3v) is 5.71. The molecule has 144 valence electrons. The molecule has 6 heteroatoms. The van der Waals surface area contributed by atoms with Gasteiger partial charge in [0.1, 0.15) is 0 Å². The summed E-state index contributed by atoms with van der Waals surface area (Å²) in [7, 11) is 0. The normalized spacial score (nSPS) is 24.9. The van der Waals surface area contributed by atoms with Gasteiger partial charge in [0.2, 0.25) is 0 Å². The lowest BCUT2D eigenvalue weighted by Crippen LogP contribution is -2.26. The van der Waals surface area contributed by atoms with Gasteiger partial charge in [-0.3, -0.25) is 0 Å². The first kappa shape index (κ1) is 18.2. The Morgan fingerprint density at radius 3 is 2.22 bits per heavy atom. The number of likely N-dealkylation sites (tertiary alicyclic amines) is 1. The van der Waals surface area contributed by atoms with Gasteiger partial charge in [-0.15, -0.1) is 0 Å². The van der Waals surface area contributed by atoms with Crippen LogP contribution in [0.4, 0.5) is 13.2 Å². The molecular weight excluding hydrogens is 355 g/mol. The highest BCUT2D eigenvalue weighted by atomic mass is 19.1. The van der Waals surface area contributed by atoms with E-state index in [2.05, 4.69) is 4.90 Å². The number of phenols is 1. The topological polar surface area (TPSA) is 32.7 Å². The van der Waals surface area contributed by atoms with E-state index in [-0.39, 0.29) is 11.9 Å². The van der Waals surface area contributed by atoms with Crippen LogP contribution in [0.25, 0.3) is 0 Å². The second kappa shape index (κ2) is 7.43. The van der Waals surface area contributed by atoms with Crippen LogP contribution in [0.1, 0.15) is 18.4 Å². The van der Waals surface area contributed by atoms with Crippen LogP contribution in [-0.2, 0) is 6.42 Å². The highest BCUT2D eigenvalue weighted by Crippen LogP contribution is 2.40. The molecule has 3 atom stereocenters. The molecule has 0 radical (unpaired) electrons. The summed E-state index contributed by atoms with van der Waals surface area (Å²) in [5.41, 5.74) is 0.542. The molecule has 0 aromatic heterocycles. The molecular formula is C21H22F3NO2. The number of phenolic OH excluding ortho intramolecular Hbond substituents is 1. The molecule has 1 aliphatic heterocycles. The molecule has 1 aliphatic carbocycles. The van der Waals surface area contributed by atoms with Crippen molar-refractivity contribution in [2.75, 3.05) is 19.6 Å². The first-order valence-electron chi connectivity index (χ1n) is 9.30. The summed E-state index contributed by atoms with van der Waals surface area (Å²) in [6.07, 6.45) is 2.37. The predicted octanol–water partition coefficient (Wildman–Crippen LogP) is 4.14. The number of hydrogen-bond acceptors (Lipinski definition) is 3. The fourth-order valence-corrected chi connectivity index (χ4v) is 4.39. The third kappa shape index (κ3) is 3.90. The van der Waals surface area contributed by atoms with Gasteiger partial charge < -0.3 is 14.7 Å². The quantitative estimate of drug-likeness (QED) is 0.850. The Balaban J connectivity index is 1.28. The smallest absolute Gasteiger partial charge is 0.187 e. The molecule has 2 aromatic rings. The third-order valence-electron chi connectivity index (χ3n) is 5.71. The van der Waals surface area contributed by atoms with Crippen molar-refractivity contribution in [1.29, 1.82) is 0 Å². The molecule has 1 heterocycles. The number of nitrogens with zero attached hydrogens (tertiary/aromatic N) is 1. The largest absolute Gasteiger partial charge is 0.503 e. The van der Waals surface area contributed by atoms with Crippen molar-refractivity contribution in [2.45, 2.75) is 25.4 Å². The summed E-state index contributed by atoms with van der Waals surface area (Å²) in [6.45, 7) is 2.56. The Morgan fingerprint density at radius 2 is 1.59 bits per heavy atom. The van der Waals surface area contributed by atoms with Crippen molar-refractivity contribution in [3.8, 4) is 11.5 Å². The second-order valence-electron chi connectivity index (χ2n) is 7.58. The summed E-state index contributed by atoms with van der Waals surface area (Å²) in [5, 5.41) is 9.17. The molecule has 2 aromatic carbocycles. The zero-order valence-corrected chi connectivity index (χ0v) is 14.9. The molecule has 2 fully saturated rings. The molecule has 0 amide bonds. The maximum Gasteiger partial charge on any atom is 0.187 e. The maximum atomic E-state index is 13.7. The number of ether oxygens (including phenoxy) is 1. The van der Waals surface area contributed by atoms with Crippen LogP contribution < -0.4 is 4.74 Å². The average molecular weight is 377 g/mol. The van der Waals surface area contributed by atoms with Gasteiger partial charge in [0.15, 0.2) is 29.0 Å². The van der Waals surface area contributed by atoms with Crippen molar-refractivity contribution >= 4 is 0 Å². The van der Waals surface area contributed by atoms with E-state index in [0.717, 1.165) is 32.5 Å². The summed E-state index contributed by atoms with van der Waals surface area (Å²) in [6, 6.07) is 8.86. The van der Waals surface area contributed by atoms with E-state index in [9.17, 15) is 18.3 Å². The van der Waals surface area contributed by atoms with Crippen molar-refractivity contribution in [1.82, 2.24) is 4.90 Å². The zero-order valence-electron chi connectivity index (χ0n) is 14.9. The monoisotopic (exact) mass is 377 g/mol. The van der Waals surface area contributed by atoms with Crippen LogP contribution in [0, 0.1) is 29.3 Å². The van der Waals surface area contributed by atoms with Crippen molar-refractivity contribution in [3.63, 3.8) is 0 Å². The van der Waals surface area contributed by atoms with E-state index in [1.54, 1.807) is 18.2 Å². The van der Waals surface area contributed by atoms with Crippen LogP contribution in [0.2, 0.25) is 0 Å². The van der Waals surface area contributed by atoms with E-state index < -0.39 is 17.4 Å². The molecule has 27 heavy (non-hydrogen) atoms. The molecule has 0 spiro atoms. The molecule has 1 N–H and O–H groups in total. The summed E-state index contributed by atoms with van der Waals surface area (Å²) in [5.74, 6) is -1.76. The van der Waals surface area contributed by atoms with Gasteiger partial charge in [0.05, 0.1) is 6.10 Å². The van der Waals surface area contributed by atoms with Crippen LogP contribution in [-0.4, -0.2) is 35.7 Å². The Hall–Kier alpha value is -2.21. The molecule has 0 bridgehead atoms. The minimum Gasteiger partial charge on any atom is -0.503 e. The Bertz CT molecular complexity index is 792. The first-order chi connectivity index (χ1) is 13.0. The molecule has 1 unspecified atom stereocenters. The van der Waals surface area contributed by atoms with Gasteiger partial charge in [0, 0.05) is 19.6 Å². The SMILES string of the molecule is Oc1c(F)cc(CCN2C[C@H]3CC(Oc4ccccc4F)C[C@H]3C2)cc1F. The first-order valence-corrected chi connectivity index (χ1v) is 9.30. The zero-order chi connectivity index (χ0) is 19.0. The van der Waals surface area contributed by atoms with E-state index in [1.807, 2.05) is 0 Å². The van der Waals surface area contributed by atoms with Crippen molar-refractivity contribution in [3.05, 3.63) is 59.4 Å². The Kier molecular flexibility index (Phi) is 5.00. The van der Waals surface area contributed by atoms with Crippen molar-refractivity contribution in [2.24, 2.45) is 11.8 Å². The Labute approximate surface area is 156 Å². The standard InChI is InChI=1S/C21H22F3NO2/c22-17-3-1-2-4-20(17)27-16-9-14-11-25(12-15(14)10-16)6-5-13-7-18(23)21(26)19(24)8-13/h1-4,7-8,14-16,26H,5-6,9-12H2/t14-,15+,16?. The number of benzene rings is 2. The van der Waals surface area contributed by atoms with Crippen LogP contribution in [0.5, 0.6) is 11.5 Å². The molecule has 4 rings (SSSR count). The predicted molar refractivity (Wildman–Crippen MR) is 95.2 cm³/mol. The van der Waals surface area contributed by atoms with E-state index >= 15 is 0 Å². The van der Waals surface area contributed by atoms with E-state index in [4.69, 9.17) is 4.74 Å². The van der Waals surface area contributed by atoms with Crippen LogP contribution >= 0.6 is 0 Å². The van der Waals surface area contributed by atoms with E-state index in [1.165, 1.54) is 18.2 Å². The molecule has 2 aliphatic rings. The average Bonchev–Trinajstić information content (AvgIpc) is 3.18. The summed E-state index contributed by atoms with van der Waals surface area (Å²) in [4.78, 5) is 2.30. The lowest BCUT2D eigenvalue weighted by atomic mass is 10.0. The lowest BCUT2D eigenvalue weighted by molar-refractivity contribution is 0.179. The van der Waals surface area contributed by atoms with Crippen molar-refractivity contribution < 1.29 is 23.0 Å². The molecule has 3 nitrogen and oxygen atoms in total.